The zero-order valence-corrected chi connectivity index (χ0v) is 13.6. The van der Waals surface area contributed by atoms with Crippen LogP contribution in [0.3, 0.4) is 0 Å². The summed E-state index contributed by atoms with van der Waals surface area (Å²) in [5, 5.41) is 11.3. The fourth-order valence-corrected chi connectivity index (χ4v) is 3.70. The molecular weight excluding hydrogens is 280 g/mol. The largest absolute Gasteiger partial charge is 0.341 e. The van der Waals surface area contributed by atoms with Gasteiger partial charge in [0, 0.05) is 19.1 Å². The smallest absolute Gasteiger partial charge is 0.244 e. The molecule has 122 valence electrons. The van der Waals surface area contributed by atoms with E-state index in [1.54, 1.807) is 4.68 Å². The molecule has 7 heteroatoms. The minimum Gasteiger partial charge on any atom is -0.341 e. The van der Waals surface area contributed by atoms with E-state index in [2.05, 4.69) is 27.3 Å². The van der Waals surface area contributed by atoms with E-state index < -0.39 is 0 Å². The molecule has 0 N–H and O–H groups in total. The van der Waals surface area contributed by atoms with Crippen molar-refractivity contribution in [1.82, 2.24) is 30.0 Å². The highest BCUT2D eigenvalue weighted by molar-refractivity contribution is 5.76. The fourth-order valence-electron chi connectivity index (χ4n) is 3.70. The lowest BCUT2D eigenvalue weighted by Crippen LogP contribution is -2.45. The maximum atomic E-state index is 12.3. The zero-order valence-electron chi connectivity index (χ0n) is 13.6. The van der Waals surface area contributed by atoms with Crippen LogP contribution < -0.4 is 0 Å². The molecule has 3 rings (SSSR count). The van der Waals surface area contributed by atoms with Crippen molar-refractivity contribution in [2.75, 3.05) is 26.2 Å². The topological polar surface area (TPSA) is 67.2 Å². The molecule has 2 saturated heterocycles. The van der Waals surface area contributed by atoms with Crippen molar-refractivity contribution < 1.29 is 4.79 Å². The van der Waals surface area contributed by atoms with Crippen LogP contribution >= 0.6 is 0 Å². The van der Waals surface area contributed by atoms with Crippen LogP contribution in [-0.2, 0) is 11.3 Å². The number of carbonyl (C=O) groups excluding carboxylic acids is 1. The Hall–Kier alpha value is -1.50. The Kier molecular flexibility index (Phi) is 4.71. The molecule has 0 saturated carbocycles. The standard InChI is InChI=1S/C15H26N6O/c1-12(19-7-3-4-8-19)14-5-9-20(10-6-14)15(22)11-21-13(2)16-17-18-21/h12,14H,3-11H2,1-2H3. The highest BCUT2D eigenvalue weighted by atomic mass is 16.2. The van der Waals surface area contributed by atoms with E-state index in [1.165, 1.54) is 25.9 Å². The zero-order chi connectivity index (χ0) is 15.5. The van der Waals surface area contributed by atoms with Gasteiger partial charge in [-0.05, 0) is 69.0 Å². The summed E-state index contributed by atoms with van der Waals surface area (Å²) in [5.41, 5.74) is 0. The number of tetrazole rings is 1. The number of hydrogen-bond acceptors (Lipinski definition) is 5. The van der Waals surface area contributed by atoms with Gasteiger partial charge in [-0.25, -0.2) is 4.68 Å². The average molecular weight is 306 g/mol. The second-order valence-corrected chi connectivity index (χ2v) is 6.59. The molecular formula is C15H26N6O. The molecule has 1 aromatic heterocycles. The van der Waals surface area contributed by atoms with Crippen LogP contribution in [0.1, 0.15) is 38.4 Å². The summed E-state index contributed by atoms with van der Waals surface area (Å²) >= 11 is 0. The van der Waals surface area contributed by atoms with E-state index >= 15 is 0 Å². The Morgan fingerprint density at radius 3 is 2.50 bits per heavy atom. The number of amides is 1. The van der Waals surface area contributed by atoms with Gasteiger partial charge in [-0.3, -0.25) is 4.79 Å². The fraction of sp³-hybridized carbons (Fsp3) is 0.867. The first-order chi connectivity index (χ1) is 10.6. The molecule has 0 radical (unpaired) electrons. The summed E-state index contributed by atoms with van der Waals surface area (Å²) in [6, 6.07) is 0.654. The molecule has 1 amide bonds. The van der Waals surface area contributed by atoms with Gasteiger partial charge in [-0.1, -0.05) is 0 Å². The molecule has 0 aromatic carbocycles. The number of aromatic nitrogens is 4. The Balaban J connectivity index is 1.48. The number of hydrogen-bond donors (Lipinski definition) is 0. The second-order valence-electron chi connectivity index (χ2n) is 6.59. The molecule has 0 bridgehead atoms. The van der Waals surface area contributed by atoms with Gasteiger partial charge in [-0.15, -0.1) is 5.10 Å². The van der Waals surface area contributed by atoms with Gasteiger partial charge in [0.2, 0.25) is 5.91 Å². The van der Waals surface area contributed by atoms with Crippen LogP contribution in [0.2, 0.25) is 0 Å². The minimum absolute atomic E-state index is 0.127. The number of rotatable bonds is 4. The third-order valence-electron chi connectivity index (χ3n) is 5.29. The summed E-state index contributed by atoms with van der Waals surface area (Å²) in [5.74, 6) is 1.53. The number of aryl methyl sites for hydroxylation is 1. The van der Waals surface area contributed by atoms with Crippen molar-refractivity contribution >= 4 is 5.91 Å². The van der Waals surface area contributed by atoms with Crippen LogP contribution in [0.15, 0.2) is 0 Å². The molecule has 3 heterocycles. The van der Waals surface area contributed by atoms with Crippen molar-refractivity contribution in [1.29, 1.82) is 0 Å². The predicted octanol–water partition coefficient (Wildman–Crippen LogP) is 0.704. The van der Waals surface area contributed by atoms with E-state index in [1.807, 2.05) is 11.8 Å². The molecule has 1 aromatic rings. The van der Waals surface area contributed by atoms with E-state index in [0.717, 1.165) is 31.8 Å². The van der Waals surface area contributed by atoms with E-state index in [-0.39, 0.29) is 12.5 Å². The van der Waals surface area contributed by atoms with Crippen LogP contribution in [0.4, 0.5) is 0 Å². The lowest BCUT2D eigenvalue weighted by atomic mass is 9.89. The molecule has 2 fully saturated rings. The highest BCUT2D eigenvalue weighted by Crippen LogP contribution is 2.26. The molecule has 0 aliphatic carbocycles. The third-order valence-corrected chi connectivity index (χ3v) is 5.29. The lowest BCUT2D eigenvalue weighted by molar-refractivity contribution is -0.133. The maximum Gasteiger partial charge on any atom is 0.244 e. The monoisotopic (exact) mass is 306 g/mol. The van der Waals surface area contributed by atoms with E-state index in [0.29, 0.717) is 11.9 Å². The SMILES string of the molecule is Cc1nnnn1CC(=O)N1CCC(C(C)N2CCCC2)CC1. The van der Waals surface area contributed by atoms with Crippen molar-refractivity contribution in [3.8, 4) is 0 Å². The summed E-state index contributed by atoms with van der Waals surface area (Å²) in [6.45, 7) is 8.66. The number of carbonyl (C=O) groups is 1. The second kappa shape index (κ2) is 6.73. The Morgan fingerprint density at radius 1 is 1.23 bits per heavy atom. The van der Waals surface area contributed by atoms with E-state index in [9.17, 15) is 4.79 Å². The summed E-state index contributed by atoms with van der Waals surface area (Å²) in [7, 11) is 0. The van der Waals surface area contributed by atoms with Gasteiger partial charge in [0.15, 0.2) is 0 Å². The molecule has 1 unspecified atom stereocenters. The van der Waals surface area contributed by atoms with Gasteiger partial charge in [0.05, 0.1) is 0 Å². The Bertz CT molecular complexity index is 502. The van der Waals surface area contributed by atoms with Gasteiger partial charge in [0.1, 0.15) is 12.4 Å². The van der Waals surface area contributed by atoms with E-state index in [4.69, 9.17) is 0 Å². The first-order valence-corrected chi connectivity index (χ1v) is 8.40. The average Bonchev–Trinajstić information content (AvgIpc) is 3.19. The molecule has 2 aliphatic heterocycles. The van der Waals surface area contributed by atoms with Crippen LogP contribution in [0.25, 0.3) is 0 Å². The summed E-state index contributed by atoms with van der Waals surface area (Å²) < 4.78 is 1.57. The highest BCUT2D eigenvalue weighted by Gasteiger charge is 2.30. The van der Waals surface area contributed by atoms with Gasteiger partial charge >= 0.3 is 0 Å². The van der Waals surface area contributed by atoms with Crippen molar-refractivity contribution in [3.05, 3.63) is 5.82 Å². The Labute approximate surface area is 131 Å². The quantitative estimate of drug-likeness (QED) is 0.819. The first-order valence-electron chi connectivity index (χ1n) is 8.40. The van der Waals surface area contributed by atoms with Crippen molar-refractivity contribution in [2.24, 2.45) is 5.92 Å². The summed E-state index contributed by atoms with van der Waals surface area (Å²) in [6.07, 6.45) is 4.90. The number of piperidine rings is 1. The van der Waals surface area contributed by atoms with Gasteiger partial charge < -0.3 is 9.80 Å². The molecule has 2 aliphatic rings. The first kappa shape index (κ1) is 15.4. The normalized spacial score (nSPS) is 22.2. The van der Waals surface area contributed by atoms with Gasteiger partial charge in [0.25, 0.3) is 0 Å². The molecule has 7 nitrogen and oxygen atoms in total. The number of nitrogens with zero attached hydrogens (tertiary/aromatic N) is 6. The van der Waals surface area contributed by atoms with Gasteiger partial charge in [-0.2, -0.15) is 0 Å². The van der Waals surface area contributed by atoms with Crippen molar-refractivity contribution in [2.45, 2.75) is 52.1 Å². The lowest BCUT2D eigenvalue weighted by Gasteiger charge is -2.38. The van der Waals surface area contributed by atoms with Crippen molar-refractivity contribution in [3.63, 3.8) is 0 Å². The summed E-state index contributed by atoms with van der Waals surface area (Å²) in [4.78, 5) is 16.9. The molecule has 1 atom stereocenters. The Morgan fingerprint density at radius 2 is 1.91 bits per heavy atom. The minimum atomic E-state index is 0.127. The van der Waals surface area contributed by atoms with Crippen LogP contribution in [-0.4, -0.2) is 68.1 Å². The third kappa shape index (κ3) is 3.29. The number of likely N-dealkylation sites (tertiary alicyclic amines) is 2. The maximum absolute atomic E-state index is 12.3. The molecule has 0 spiro atoms. The van der Waals surface area contributed by atoms with Crippen LogP contribution in [0, 0.1) is 12.8 Å². The van der Waals surface area contributed by atoms with Crippen LogP contribution in [0.5, 0.6) is 0 Å². The predicted molar refractivity (Wildman–Crippen MR) is 82.1 cm³/mol. The molecule has 22 heavy (non-hydrogen) atoms.